The number of aliphatic carboxylic acids is 2. The molecule has 4 nitrogen and oxygen atoms in total. The monoisotopic (exact) mass is 220 g/mol. The van der Waals surface area contributed by atoms with Crippen molar-refractivity contribution in [3.8, 4) is 0 Å². The second kappa shape index (κ2) is 3.63. The summed E-state index contributed by atoms with van der Waals surface area (Å²) in [6.45, 7) is 0. The number of carboxylic acids is 2. The third kappa shape index (κ3) is 1.46. The van der Waals surface area contributed by atoms with Crippen LogP contribution < -0.4 is 0 Å². The lowest BCUT2D eigenvalue weighted by Crippen LogP contribution is -2.43. The third-order valence-corrected chi connectivity index (χ3v) is 3.25. The predicted octanol–water partition coefficient (Wildman–Crippen LogP) is 1.33. The van der Waals surface area contributed by atoms with Gasteiger partial charge in [0.05, 0.1) is 0 Å². The van der Waals surface area contributed by atoms with E-state index in [0.29, 0.717) is 6.42 Å². The molecule has 16 heavy (non-hydrogen) atoms. The van der Waals surface area contributed by atoms with Gasteiger partial charge in [-0.15, -0.1) is 0 Å². The number of rotatable bonds is 2. The number of benzene rings is 1. The molecule has 0 aromatic heterocycles. The highest BCUT2D eigenvalue weighted by molar-refractivity contribution is 5.98. The average molecular weight is 220 g/mol. The van der Waals surface area contributed by atoms with Crippen LogP contribution in [-0.2, 0) is 22.4 Å². The van der Waals surface area contributed by atoms with Crippen molar-refractivity contribution in [2.24, 2.45) is 5.41 Å². The molecule has 1 aliphatic carbocycles. The summed E-state index contributed by atoms with van der Waals surface area (Å²) in [6, 6.07) is 7.41. The fourth-order valence-corrected chi connectivity index (χ4v) is 2.19. The Morgan fingerprint density at radius 2 is 1.62 bits per heavy atom. The quantitative estimate of drug-likeness (QED) is 0.737. The molecule has 0 saturated carbocycles. The van der Waals surface area contributed by atoms with Crippen LogP contribution in [0.4, 0.5) is 0 Å². The molecule has 4 heteroatoms. The number of carbonyl (C=O) groups is 2. The molecule has 0 aliphatic heterocycles. The van der Waals surface area contributed by atoms with Crippen molar-refractivity contribution in [3.05, 3.63) is 35.4 Å². The Bertz CT molecular complexity index is 436. The minimum absolute atomic E-state index is 0.0772. The Kier molecular flexibility index (Phi) is 2.42. The molecular formula is C12H12O4. The first-order valence-electron chi connectivity index (χ1n) is 5.10. The molecule has 0 fully saturated rings. The standard InChI is InChI=1S/C12H12O4/c13-10(14)12(11(15)16)6-5-8-3-1-2-4-9(8)7-12/h1-4H,5-7H2,(H,13,14)(H,15,16). The Morgan fingerprint density at radius 1 is 1.06 bits per heavy atom. The van der Waals surface area contributed by atoms with Gasteiger partial charge in [0, 0.05) is 0 Å². The summed E-state index contributed by atoms with van der Waals surface area (Å²) < 4.78 is 0. The van der Waals surface area contributed by atoms with Gasteiger partial charge in [-0.1, -0.05) is 24.3 Å². The summed E-state index contributed by atoms with van der Waals surface area (Å²) in [4.78, 5) is 22.3. The van der Waals surface area contributed by atoms with E-state index < -0.39 is 17.4 Å². The smallest absolute Gasteiger partial charge is 0.321 e. The SMILES string of the molecule is O=C(O)C1(C(=O)O)CCc2ccccc2C1. The molecule has 0 radical (unpaired) electrons. The van der Waals surface area contributed by atoms with Crippen LogP contribution in [0.2, 0.25) is 0 Å². The van der Waals surface area contributed by atoms with Crippen molar-refractivity contribution in [2.45, 2.75) is 19.3 Å². The van der Waals surface area contributed by atoms with Gasteiger partial charge in [0.25, 0.3) is 0 Å². The zero-order valence-corrected chi connectivity index (χ0v) is 8.64. The fourth-order valence-electron chi connectivity index (χ4n) is 2.19. The summed E-state index contributed by atoms with van der Waals surface area (Å²) in [5.41, 5.74) is 0.244. The normalized spacial score (nSPS) is 17.5. The maximum absolute atomic E-state index is 11.1. The van der Waals surface area contributed by atoms with Gasteiger partial charge in [0.15, 0.2) is 5.41 Å². The number of carboxylic acid groups (broad SMARTS) is 2. The van der Waals surface area contributed by atoms with Crippen LogP contribution in [-0.4, -0.2) is 22.2 Å². The van der Waals surface area contributed by atoms with Gasteiger partial charge in [-0.2, -0.15) is 0 Å². The lowest BCUT2D eigenvalue weighted by Gasteiger charge is -2.30. The number of hydrogen-bond donors (Lipinski definition) is 2. The molecule has 1 aromatic rings. The van der Waals surface area contributed by atoms with Crippen LogP contribution >= 0.6 is 0 Å². The highest BCUT2D eigenvalue weighted by Gasteiger charge is 2.48. The van der Waals surface area contributed by atoms with E-state index >= 15 is 0 Å². The lowest BCUT2D eigenvalue weighted by molar-refractivity contribution is -0.165. The molecule has 0 bridgehead atoms. The van der Waals surface area contributed by atoms with Gasteiger partial charge in [-0.25, -0.2) is 0 Å². The summed E-state index contributed by atoms with van der Waals surface area (Å²) in [6.07, 6.45) is 0.747. The zero-order valence-electron chi connectivity index (χ0n) is 8.64. The Morgan fingerprint density at radius 3 is 2.19 bits per heavy atom. The molecule has 1 aliphatic rings. The largest absolute Gasteiger partial charge is 0.480 e. The van der Waals surface area contributed by atoms with Gasteiger partial charge in [-0.05, 0) is 30.4 Å². The van der Waals surface area contributed by atoms with Gasteiger partial charge < -0.3 is 10.2 Å². The van der Waals surface area contributed by atoms with Gasteiger partial charge in [0.1, 0.15) is 0 Å². The van der Waals surface area contributed by atoms with Crippen molar-refractivity contribution >= 4 is 11.9 Å². The van der Waals surface area contributed by atoms with Crippen LogP contribution in [0.5, 0.6) is 0 Å². The van der Waals surface area contributed by atoms with Crippen LogP contribution in [0.15, 0.2) is 24.3 Å². The Balaban J connectivity index is 2.43. The minimum Gasteiger partial charge on any atom is -0.480 e. The van der Waals surface area contributed by atoms with Crippen molar-refractivity contribution in [2.75, 3.05) is 0 Å². The maximum Gasteiger partial charge on any atom is 0.321 e. The second-order valence-electron chi connectivity index (χ2n) is 4.14. The molecule has 0 spiro atoms. The molecule has 1 aromatic carbocycles. The zero-order chi connectivity index (χ0) is 11.8. The van der Waals surface area contributed by atoms with E-state index in [1.807, 2.05) is 12.1 Å². The van der Waals surface area contributed by atoms with Gasteiger partial charge in [0.2, 0.25) is 0 Å². The summed E-state index contributed by atoms with van der Waals surface area (Å²) in [5, 5.41) is 18.2. The van der Waals surface area contributed by atoms with Crippen molar-refractivity contribution < 1.29 is 19.8 Å². The molecule has 0 amide bonds. The second-order valence-corrected chi connectivity index (χ2v) is 4.14. The van der Waals surface area contributed by atoms with Crippen LogP contribution in [0.1, 0.15) is 17.5 Å². The first kappa shape index (κ1) is 10.7. The Hall–Kier alpha value is -1.84. The fraction of sp³-hybridized carbons (Fsp3) is 0.333. The first-order chi connectivity index (χ1) is 7.56. The third-order valence-electron chi connectivity index (χ3n) is 3.25. The average Bonchev–Trinajstić information content (AvgIpc) is 2.27. The highest BCUT2D eigenvalue weighted by atomic mass is 16.4. The van der Waals surface area contributed by atoms with Crippen LogP contribution in [0.25, 0.3) is 0 Å². The van der Waals surface area contributed by atoms with E-state index in [9.17, 15) is 9.59 Å². The van der Waals surface area contributed by atoms with E-state index in [4.69, 9.17) is 10.2 Å². The molecule has 0 unspecified atom stereocenters. The van der Waals surface area contributed by atoms with E-state index in [1.54, 1.807) is 12.1 Å². The van der Waals surface area contributed by atoms with E-state index in [0.717, 1.165) is 11.1 Å². The van der Waals surface area contributed by atoms with E-state index in [2.05, 4.69) is 0 Å². The molecule has 0 atom stereocenters. The topological polar surface area (TPSA) is 74.6 Å². The van der Waals surface area contributed by atoms with Crippen molar-refractivity contribution in [3.63, 3.8) is 0 Å². The molecule has 2 rings (SSSR count). The summed E-state index contributed by atoms with van der Waals surface area (Å²) >= 11 is 0. The lowest BCUT2D eigenvalue weighted by atomic mass is 9.71. The minimum atomic E-state index is -1.64. The van der Waals surface area contributed by atoms with Gasteiger partial charge in [-0.3, -0.25) is 9.59 Å². The highest BCUT2D eigenvalue weighted by Crippen LogP contribution is 2.36. The van der Waals surface area contributed by atoms with Gasteiger partial charge >= 0.3 is 11.9 Å². The van der Waals surface area contributed by atoms with Crippen molar-refractivity contribution in [1.29, 1.82) is 0 Å². The first-order valence-corrected chi connectivity index (χ1v) is 5.10. The van der Waals surface area contributed by atoms with Crippen LogP contribution in [0.3, 0.4) is 0 Å². The maximum atomic E-state index is 11.1. The van der Waals surface area contributed by atoms with E-state index in [-0.39, 0.29) is 12.8 Å². The summed E-state index contributed by atoms with van der Waals surface area (Å²) in [5.74, 6) is -2.48. The Labute approximate surface area is 92.5 Å². The van der Waals surface area contributed by atoms with Crippen LogP contribution in [0, 0.1) is 5.41 Å². The molecule has 0 saturated heterocycles. The number of fused-ring (bicyclic) bond motifs is 1. The summed E-state index contributed by atoms with van der Waals surface area (Å²) in [7, 11) is 0. The molecule has 2 N–H and O–H groups in total. The molecular weight excluding hydrogens is 208 g/mol. The predicted molar refractivity (Wildman–Crippen MR) is 56.2 cm³/mol. The van der Waals surface area contributed by atoms with E-state index in [1.165, 1.54) is 0 Å². The molecule has 0 heterocycles. The molecule has 84 valence electrons. The number of hydrogen-bond acceptors (Lipinski definition) is 2. The van der Waals surface area contributed by atoms with Crippen molar-refractivity contribution in [1.82, 2.24) is 0 Å². The number of aryl methyl sites for hydroxylation is 1.